The molecule has 7 heteroatoms. The normalized spacial score (nSPS) is 11.8. The summed E-state index contributed by atoms with van der Waals surface area (Å²) in [5.74, 6) is -0.598. The molecule has 0 saturated heterocycles. The second-order valence-electron chi connectivity index (χ2n) is 6.49. The summed E-state index contributed by atoms with van der Waals surface area (Å²) in [5.41, 5.74) is 4.11. The largest absolute Gasteiger partial charge is 0.465 e. The maximum atomic E-state index is 12.6. The quantitative estimate of drug-likeness (QED) is 0.532. The van der Waals surface area contributed by atoms with Crippen molar-refractivity contribution in [2.75, 3.05) is 6.61 Å². The molecule has 3 aromatic rings. The number of nitrogens with zero attached hydrogens (tertiary/aromatic N) is 2. The van der Waals surface area contributed by atoms with E-state index in [0.717, 1.165) is 25.8 Å². The molecule has 0 saturated carbocycles. The van der Waals surface area contributed by atoms with Gasteiger partial charge >= 0.3 is 5.97 Å². The predicted octanol–water partition coefficient (Wildman–Crippen LogP) is 4.32. The fraction of sp³-hybridized carbons (Fsp3) is 0.286. The number of amides is 1. The first-order chi connectivity index (χ1) is 13.4. The van der Waals surface area contributed by atoms with Gasteiger partial charge in [0.15, 0.2) is 4.80 Å². The summed E-state index contributed by atoms with van der Waals surface area (Å²) < 4.78 is 8.69. The van der Waals surface area contributed by atoms with Crippen molar-refractivity contribution in [2.45, 2.75) is 33.7 Å². The van der Waals surface area contributed by atoms with Gasteiger partial charge in [-0.05, 0) is 55.7 Å². The number of benzene rings is 2. The Kier molecular flexibility index (Phi) is 6.46. The van der Waals surface area contributed by atoms with Crippen molar-refractivity contribution in [3.63, 3.8) is 0 Å². The van der Waals surface area contributed by atoms with E-state index in [1.54, 1.807) is 11.5 Å². The number of ether oxygens (including phenoxy) is 1. The molecular formula is C21H21BrN2O3S. The lowest BCUT2D eigenvalue weighted by Gasteiger charge is -2.05. The molecule has 0 bridgehead atoms. The van der Waals surface area contributed by atoms with E-state index in [9.17, 15) is 9.59 Å². The second-order valence-corrected chi connectivity index (χ2v) is 8.41. The van der Waals surface area contributed by atoms with Gasteiger partial charge in [-0.2, -0.15) is 4.99 Å². The maximum Gasteiger partial charge on any atom is 0.326 e. The van der Waals surface area contributed by atoms with Crippen molar-refractivity contribution >= 4 is 49.4 Å². The first-order valence-electron chi connectivity index (χ1n) is 8.95. The standard InChI is InChI=1S/C21H21BrN2O3S/c1-4-27-20(26)12-24-17-8-7-16(22)11-18(17)28-21(24)23-19(25)10-15-6-5-13(2)14(3)9-15/h5-9,11H,4,10,12H2,1-3H3. The molecule has 0 aliphatic heterocycles. The fourth-order valence-electron chi connectivity index (χ4n) is 2.86. The molecule has 5 nitrogen and oxygen atoms in total. The molecule has 0 atom stereocenters. The highest BCUT2D eigenvalue weighted by Gasteiger charge is 2.13. The third-order valence-electron chi connectivity index (χ3n) is 4.38. The van der Waals surface area contributed by atoms with Gasteiger partial charge in [-0.15, -0.1) is 0 Å². The van der Waals surface area contributed by atoms with Crippen LogP contribution in [-0.4, -0.2) is 23.1 Å². The topological polar surface area (TPSA) is 60.7 Å². The first kappa shape index (κ1) is 20.5. The Morgan fingerprint density at radius 3 is 2.64 bits per heavy atom. The molecular weight excluding hydrogens is 440 g/mol. The number of carbonyl (C=O) groups is 2. The molecule has 0 spiro atoms. The van der Waals surface area contributed by atoms with E-state index < -0.39 is 0 Å². The molecule has 146 valence electrons. The van der Waals surface area contributed by atoms with Crippen LogP contribution < -0.4 is 4.80 Å². The third-order valence-corrected chi connectivity index (χ3v) is 5.92. The lowest BCUT2D eigenvalue weighted by Crippen LogP contribution is -2.23. The van der Waals surface area contributed by atoms with Crippen molar-refractivity contribution < 1.29 is 14.3 Å². The van der Waals surface area contributed by atoms with Crippen LogP contribution in [0.15, 0.2) is 45.9 Å². The molecule has 1 heterocycles. The number of rotatable bonds is 5. The highest BCUT2D eigenvalue weighted by molar-refractivity contribution is 9.10. The van der Waals surface area contributed by atoms with Crippen LogP contribution in [-0.2, 0) is 27.3 Å². The number of thiazole rings is 1. The fourth-order valence-corrected chi connectivity index (χ4v) is 4.45. The molecule has 0 N–H and O–H groups in total. The first-order valence-corrected chi connectivity index (χ1v) is 10.6. The minimum atomic E-state index is -0.354. The molecule has 28 heavy (non-hydrogen) atoms. The van der Waals surface area contributed by atoms with E-state index in [2.05, 4.69) is 20.9 Å². The van der Waals surface area contributed by atoms with Crippen LogP contribution in [0.25, 0.3) is 10.2 Å². The number of halogens is 1. The zero-order valence-corrected chi connectivity index (χ0v) is 18.4. The summed E-state index contributed by atoms with van der Waals surface area (Å²) in [6, 6.07) is 11.7. The van der Waals surface area contributed by atoms with Gasteiger partial charge in [0.2, 0.25) is 0 Å². The lowest BCUT2D eigenvalue weighted by molar-refractivity contribution is -0.143. The van der Waals surface area contributed by atoms with E-state index in [4.69, 9.17) is 4.74 Å². The van der Waals surface area contributed by atoms with Crippen LogP contribution in [0.5, 0.6) is 0 Å². The summed E-state index contributed by atoms with van der Waals surface area (Å²) in [5, 5.41) is 0. The van der Waals surface area contributed by atoms with E-state index in [1.807, 2.05) is 50.2 Å². The van der Waals surface area contributed by atoms with Crippen LogP contribution >= 0.6 is 27.3 Å². The van der Waals surface area contributed by atoms with Gasteiger partial charge in [0, 0.05) is 4.47 Å². The Bertz CT molecular complexity index is 1110. The van der Waals surface area contributed by atoms with E-state index in [1.165, 1.54) is 16.9 Å². The third kappa shape index (κ3) is 4.77. The molecule has 2 aromatic carbocycles. The molecule has 0 fully saturated rings. The number of aromatic nitrogens is 1. The van der Waals surface area contributed by atoms with Crippen LogP contribution in [0.1, 0.15) is 23.6 Å². The number of esters is 1. The van der Waals surface area contributed by atoms with Gasteiger partial charge in [-0.1, -0.05) is 45.5 Å². The Hall–Kier alpha value is -2.25. The summed E-state index contributed by atoms with van der Waals surface area (Å²) >= 11 is 4.84. The Labute approximate surface area is 175 Å². The van der Waals surface area contributed by atoms with E-state index >= 15 is 0 Å². The van der Waals surface area contributed by atoms with Crippen molar-refractivity contribution in [1.29, 1.82) is 0 Å². The summed E-state index contributed by atoms with van der Waals surface area (Å²) in [6.07, 6.45) is 0.221. The molecule has 0 aliphatic carbocycles. The van der Waals surface area contributed by atoms with Crippen LogP contribution in [0, 0.1) is 13.8 Å². The minimum absolute atomic E-state index is 0.0191. The van der Waals surface area contributed by atoms with Crippen molar-refractivity contribution in [3.8, 4) is 0 Å². The average molecular weight is 461 g/mol. The molecule has 1 amide bonds. The summed E-state index contributed by atoms with van der Waals surface area (Å²) in [4.78, 5) is 29.4. The van der Waals surface area contributed by atoms with Crippen molar-refractivity contribution in [3.05, 3.63) is 62.4 Å². The van der Waals surface area contributed by atoms with Gasteiger partial charge in [0.1, 0.15) is 6.54 Å². The highest BCUT2D eigenvalue weighted by Crippen LogP contribution is 2.22. The van der Waals surface area contributed by atoms with E-state index in [0.29, 0.717) is 11.4 Å². The molecule has 0 radical (unpaired) electrons. The van der Waals surface area contributed by atoms with Gasteiger partial charge in [0.25, 0.3) is 5.91 Å². The maximum absolute atomic E-state index is 12.6. The monoisotopic (exact) mass is 460 g/mol. The van der Waals surface area contributed by atoms with Crippen LogP contribution in [0.2, 0.25) is 0 Å². The minimum Gasteiger partial charge on any atom is -0.465 e. The van der Waals surface area contributed by atoms with Crippen molar-refractivity contribution in [1.82, 2.24) is 4.57 Å². The predicted molar refractivity (Wildman–Crippen MR) is 114 cm³/mol. The molecule has 1 aromatic heterocycles. The molecule has 0 unspecified atom stereocenters. The number of fused-ring (bicyclic) bond motifs is 1. The smallest absolute Gasteiger partial charge is 0.326 e. The zero-order valence-electron chi connectivity index (χ0n) is 16.0. The van der Waals surface area contributed by atoms with Crippen LogP contribution in [0.3, 0.4) is 0 Å². The van der Waals surface area contributed by atoms with Crippen molar-refractivity contribution in [2.24, 2.45) is 4.99 Å². The average Bonchev–Trinajstić information content (AvgIpc) is 2.94. The Morgan fingerprint density at radius 1 is 1.14 bits per heavy atom. The molecule has 3 rings (SSSR count). The van der Waals surface area contributed by atoms with Gasteiger partial charge in [-0.3, -0.25) is 9.59 Å². The number of aryl methyl sites for hydroxylation is 2. The van der Waals surface area contributed by atoms with E-state index in [-0.39, 0.29) is 24.8 Å². The van der Waals surface area contributed by atoms with Crippen LogP contribution in [0.4, 0.5) is 0 Å². The summed E-state index contributed by atoms with van der Waals surface area (Å²) in [6.45, 7) is 6.16. The van der Waals surface area contributed by atoms with Gasteiger partial charge < -0.3 is 9.30 Å². The number of carbonyl (C=O) groups excluding carboxylic acids is 2. The second kappa shape index (κ2) is 8.84. The summed E-state index contributed by atoms with van der Waals surface area (Å²) in [7, 11) is 0. The number of hydrogen-bond acceptors (Lipinski definition) is 4. The number of hydrogen-bond donors (Lipinski definition) is 0. The Balaban J connectivity index is 1.98. The Morgan fingerprint density at radius 2 is 1.93 bits per heavy atom. The van der Waals surface area contributed by atoms with Gasteiger partial charge in [-0.25, -0.2) is 0 Å². The highest BCUT2D eigenvalue weighted by atomic mass is 79.9. The lowest BCUT2D eigenvalue weighted by atomic mass is 10.0. The molecule has 0 aliphatic rings. The zero-order chi connectivity index (χ0) is 20.3. The van der Waals surface area contributed by atoms with Gasteiger partial charge in [0.05, 0.1) is 23.2 Å². The SMILES string of the molecule is CCOC(=O)Cn1c(=NC(=O)Cc2ccc(C)c(C)c2)sc2cc(Br)ccc21.